The van der Waals surface area contributed by atoms with E-state index >= 15 is 0 Å². The first-order valence-corrected chi connectivity index (χ1v) is 8.42. The zero-order valence-electron chi connectivity index (χ0n) is 13.8. The van der Waals surface area contributed by atoms with E-state index in [4.69, 9.17) is 37.5 Å². The summed E-state index contributed by atoms with van der Waals surface area (Å²) in [7, 11) is 1.52. The highest BCUT2D eigenvalue weighted by atomic mass is 35.5. The van der Waals surface area contributed by atoms with Gasteiger partial charge in [0.25, 0.3) is 5.91 Å². The molecule has 0 saturated heterocycles. The number of carbonyl (C=O) groups is 1. The summed E-state index contributed by atoms with van der Waals surface area (Å²) in [5.41, 5.74) is 1.51. The van der Waals surface area contributed by atoms with Crippen molar-refractivity contribution in [2.45, 2.75) is 6.61 Å². The molecule has 2 aromatic carbocycles. The predicted molar refractivity (Wildman–Crippen MR) is 101 cm³/mol. The Bertz CT molecular complexity index is 952. The van der Waals surface area contributed by atoms with E-state index in [1.807, 2.05) is 0 Å². The molecule has 0 fully saturated rings. The Morgan fingerprint density at radius 1 is 1.19 bits per heavy atom. The van der Waals surface area contributed by atoms with Gasteiger partial charge in [-0.2, -0.15) is 0 Å². The Morgan fingerprint density at radius 3 is 2.69 bits per heavy atom. The third kappa shape index (κ3) is 3.70. The molecule has 0 unspecified atom stereocenters. The van der Waals surface area contributed by atoms with Gasteiger partial charge in [-0.05, 0) is 36.4 Å². The van der Waals surface area contributed by atoms with Crippen molar-refractivity contribution >= 4 is 34.8 Å². The molecular formula is C19H15Cl2NO4. The first-order valence-electron chi connectivity index (χ1n) is 7.67. The maximum atomic E-state index is 12.4. The van der Waals surface area contributed by atoms with Crippen LogP contribution >= 0.6 is 23.2 Å². The Morgan fingerprint density at radius 2 is 2.00 bits per heavy atom. The zero-order chi connectivity index (χ0) is 18.7. The second kappa shape index (κ2) is 7.83. The Hall–Kier alpha value is -2.47. The Labute approximate surface area is 160 Å². The van der Waals surface area contributed by atoms with E-state index in [1.54, 1.807) is 48.5 Å². The maximum Gasteiger partial charge on any atom is 0.257 e. The van der Waals surface area contributed by atoms with Crippen LogP contribution in [0.2, 0.25) is 10.0 Å². The van der Waals surface area contributed by atoms with Crippen LogP contribution in [0.1, 0.15) is 16.1 Å². The number of nitrogens with one attached hydrogen (secondary N) is 1. The monoisotopic (exact) mass is 391 g/mol. The van der Waals surface area contributed by atoms with Gasteiger partial charge in [0.05, 0.1) is 28.3 Å². The second-order valence-electron chi connectivity index (χ2n) is 5.39. The van der Waals surface area contributed by atoms with Crippen LogP contribution in [0.15, 0.2) is 52.9 Å². The van der Waals surface area contributed by atoms with E-state index in [-0.39, 0.29) is 23.1 Å². The fourth-order valence-electron chi connectivity index (χ4n) is 2.46. The number of furan rings is 1. The highest BCUT2D eigenvalue weighted by molar-refractivity contribution is 6.44. The molecule has 0 saturated carbocycles. The molecule has 0 radical (unpaired) electrons. The number of hydrogen-bond donors (Lipinski definition) is 2. The average molecular weight is 392 g/mol. The van der Waals surface area contributed by atoms with Crippen LogP contribution in [-0.2, 0) is 6.61 Å². The second-order valence-corrected chi connectivity index (χ2v) is 6.18. The maximum absolute atomic E-state index is 12.4. The summed E-state index contributed by atoms with van der Waals surface area (Å²) in [5.74, 6) is 1.14. The van der Waals surface area contributed by atoms with Crippen LogP contribution in [0.5, 0.6) is 5.75 Å². The number of amides is 1. The molecule has 1 aromatic heterocycles. The summed E-state index contributed by atoms with van der Waals surface area (Å²) in [6, 6.07) is 13.4. The standard InChI is InChI=1S/C19H15Cl2NO4/c1-25-17-9-11(5-7-13(17)16-8-6-12(10-23)26-16)22-19(24)14-3-2-4-15(20)18(14)21/h2-9,23H,10H2,1H3,(H,22,24). The van der Waals surface area contributed by atoms with E-state index in [1.165, 1.54) is 7.11 Å². The van der Waals surface area contributed by atoms with Crippen molar-refractivity contribution in [1.29, 1.82) is 0 Å². The molecule has 0 bridgehead atoms. The lowest BCUT2D eigenvalue weighted by Gasteiger charge is -2.11. The molecule has 5 nitrogen and oxygen atoms in total. The van der Waals surface area contributed by atoms with Gasteiger partial charge in [0.2, 0.25) is 0 Å². The molecule has 7 heteroatoms. The lowest BCUT2D eigenvalue weighted by atomic mass is 10.1. The van der Waals surface area contributed by atoms with E-state index in [0.717, 1.165) is 0 Å². The Balaban J connectivity index is 1.87. The summed E-state index contributed by atoms with van der Waals surface area (Å²) in [4.78, 5) is 12.4. The van der Waals surface area contributed by atoms with Gasteiger partial charge in [-0.25, -0.2) is 0 Å². The first-order chi connectivity index (χ1) is 12.5. The van der Waals surface area contributed by atoms with Gasteiger partial charge in [-0.1, -0.05) is 29.3 Å². The van der Waals surface area contributed by atoms with Gasteiger partial charge < -0.3 is 19.6 Å². The third-order valence-corrected chi connectivity index (χ3v) is 4.56. The van der Waals surface area contributed by atoms with Crippen LogP contribution in [0.3, 0.4) is 0 Å². The largest absolute Gasteiger partial charge is 0.496 e. The van der Waals surface area contributed by atoms with E-state index in [2.05, 4.69) is 5.32 Å². The number of hydrogen-bond acceptors (Lipinski definition) is 4. The summed E-state index contributed by atoms with van der Waals surface area (Å²) < 4.78 is 10.9. The van der Waals surface area contributed by atoms with Crippen molar-refractivity contribution in [3.05, 3.63) is 69.9 Å². The molecule has 2 N–H and O–H groups in total. The topological polar surface area (TPSA) is 71.7 Å². The van der Waals surface area contributed by atoms with Gasteiger partial charge in [0, 0.05) is 11.8 Å². The molecule has 26 heavy (non-hydrogen) atoms. The number of aliphatic hydroxyl groups excluding tert-OH is 1. The van der Waals surface area contributed by atoms with Crippen molar-refractivity contribution < 1.29 is 19.1 Å². The number of rotatable bonds is 5. The molecule has 1 amide bonds. The minimum atomic E-state index is -0.382. The number of methoxy groups -OCH3 is 1. The van der Waals surface area contributed by atoms with Gasteiger partial charge >= 0.3 is 0 Å². The Kier molecular flexibility index (Phi) is 5.52. The predicted octanol–water partition coefficient (Wildman–Crippen LogP) is 5.01. The van der Waals surface area contributed by atoms with Crippen LogP contribution in [0.25, 0.3) is 11.3 Å². The smallest absolute Gasteiger partial charge is 0.257 e. The molecule has 0 aliphatic carbocycles. The highest BCUT2D eigenvalue weighted by Gasteiger charge is 2.15. The lowest BCUT2D eigenvalue weighted by molar-refractivity contribution is 0.102. The molecule has 0 spiro atoms. The van der Waals surface area contributed by atoms with Crippen LogP contribution < -0.4 is 10.1 Å². The number of anilines is 1. The van der Waals surface area contributed by atoms with Crippen LogP contribution in [0, 0.1) is 0 Å². The highest BCUT2D eigenvalue weighted by Crippen LogP contribution is 2.34. The fourth-order valence-corrected chi connectivity index (χ4v) is 2.84. The van der Waals surface area contributed by atoms with Crippen molar-refractivity contribution in [2.24, 2.45) is 0 Å². The normalized spacial score (nSPS) is 10.6. The summed E-state index contributed by atoms with van der Waals surface area (Å²) in [6.07, 6.45) is 0. The molecular weight excluding hydrogens is 377 g/mol. The molecule has 0 aliphatic heterocycles. The van der Waals surface area contributed by atoms with Crippen molar-refractivity contribution in [1.82, 2.24) is 0 Å². The number of ether oxygens (including phenoxy) is 1. The number of carbonyl (C=O) groups excluding carboxylic acids is 1. The number of halogens is 2. The molecule has 134 valence electrons. The van der Waals surface area contributed by atoms with Gasteiger partial charge in [0.1, 0.15) is 23.9 Å². The lowest BCUT2D eigenvalue weighted by Crippen LogP contribution is -2.12. The minimum Gasteiger partial charge on any atom is -0.496 e. The van der Waals surface area contributed by atoms with Gasteiger partial charge in [0.15, 0.2) is 0 Å². The van der Waals surface area contributed by atoms with Crippen molar-refractivity contribution in [3.63, 3.8) is 0 Å². The van der Waals surface area contributed by atoms with Gasteiger partial charge in [-0.3, -0.25) is 4.79 Å². The van der Waals surface area contributed by atoms with E-state index in [0.29, 0.717) is 33.5 Å². The number of aliphatic hydroxyl groups is 1. The SMILES string of the molecule is COc1cc(NC(=O)c2cccc(Cl)c2Cl)ccc1-c1ccc(CO)o1. The third-order valence-electron chi connectivity index (χ3n) is 3.74. The number of benzene rings is 2. The summed E-state index contributed by atoms with van der Waals surface area (Å²) >= 11 is 12.0. The molecule has 3 rings (SSSR count). The van der Waals surface area contributed by atoms with Crippen molar-refractivity contribution in [3.8, 4) is 17.1 Å². The van der Waals surface area contributed by atoms with E-state index < -0.39 is 0 Å². The molecule has 0 atom stereocenters. The first kappa shape index (κ1) is 18.3. The zero-order valence-corrected chi connectivity index (χ0v) is 15.3. The summed E-state index contributed by atoms with van der Waals surface area (Å²) in [5, 5.41) is 12.4. The fraction of sp³-hybridized carbons (Fsp3) is 0.105. The minimum absolute atomic E-state index is 0.184. The average Bonchev–Trinajstić information content (AvgIpc) is 3.12. The van der Waals surface area contributed by atoms with E-state index in [9.17, 15) is 4.79 Å². The summed E-state index contributed by atoms with van der Waals surface area (Å²) in [6.45, 7) is -0.184. The van der Waals surface area contributed by atoms with Gasteiger partial charge in [-0.15, -0.1) is 0 Å². The quantitative estimate of drug-likeness (QED) is 0.641. The van der Waals surface area contributed by atoms with Crippen molar-refractivity contribution in [2.75, 3.05) is 12.4 Å². The molecule has 0 aliphatic rings. The van der Waals surface area contributed by atoms with Crippen LogP contribution in [-0.4, -0.2) is 18.1 Å². The molecule has 3 aromatic rings. The molecule has 1 heterocycles. The van der Waals surface area contributed by atoms with Crippen LogP contribution in [0.4, 0.5) is 5.69 Å².